The van der Waals surface area contributed by atoms with E-state index in [9.17, 15) is 18.4 Å². The number of alkyl halides is 2. The maximum atomic E-state index is 12.0. The third kappa shape index (κ3) is 4.01. The van der Waals surface area contributed by atoms with Crippen LogP contribution in [0.25, 0.3) is 0 Å². The minimum atomic E-state index is -2.90. The normalized spacial score (nSPS) is 10.4. The Kier molecular flexibility index (Phi) is 5.05. The van der Waals surface area contributed by atoms with E-state index in [-0.39, 0.29) is 5.75 Å². The van der Waals surface area contributed by atoms with Crippen LogP contribution in [0.2, 0.25) is 0 Å². The lowest BCUT2D eigenvalue weighted by Gasteiger charge is -2.06. The Hall–Kier alpha value is -2.48. The Bertz CT molecular complexity index is 670. The Labute approximate surface area is 128 Å². The van der Waals surface area contributed by atoms with Crippen LogP contribution in [-0.2, 0) is 4.74 Å². The molecule has 0 atom stereocenters. The highest BCUT2D eigenvalue weighted by molar-refractivity contribution is 7.16. The number of hydrogen-bond acceptors (Lipinski definition) is 5. The van der Waals surface area contributed by atoms with Crippen LogP contribution in [0.15, 0.2) is 36.4 Å². The first-order chi connectivity index (χ1) is 10.5. The molecule has 0 unspecified atom stereocenters. The number of anilines is 1. The summed E-state index contributed by atoms with van der Waals surface area (Å²) in [5, 5.41) is 2.59. The van der Waals surface area contributed by atoms with Crippen LogP contribution in [0.4, 0.5) is 14.5 Å². The molecule has 5 nitrogen and oxygen atoms in total. The zero-order valence-corrected chi connectivity index (χ0v) is 12.2. The van der Waals surface area contributed by atoms with E-state index in [2.05, 4.69) is 14.8 Å². The molecule has 8 heteroatoms. The molecule has 22 heavy (non-hydrogen) atoms. The summed E-state index contributed by atoms with van der Waals surface area (Å²) >= 11 is 0.994. The third-order valence-electron chi connectivity index (χ3n) is 2.55. The van der Waals surface area contributed by atoms with Crippen LogP contribution in [0, 0.1) is 0 Å². The predicted octanol–water partition coefficient (Wildman–Crippen LogP) is 3.39. The Morgan fingerprint density at radius 3 is 2.32 bits per heavy atom. The third-order valence-corrected chi connectivity index (χ3v) is 3.62. The lowest BCUT2D eigenvalue weighted by Crippen LogP contribution is -2.10. The number of ether oxygens (including phenoxy) is 2. The summed E-state index contributed by atoms with van der Waals surface area (Å²) < 4.78 is 32.8. The molecule has 1 aromatic carbocycles. The van der Waals surface area contributed by atoms with Crippen LogP contribution in [-0.4, -0.2) is 25.6 Å². The Balaban J connectivity index is 2.02. The smallest absolute Gasteiger partial charge is 0.387 e. The molecule has 2 aromatic rings. The lowest BCUT2D eigenvalue weighted by molar-refractivity contribution is -0.0498. The van der Waals surface area contributed by atoms with E-state index in [0.717, 1.165) is 11.3 Å². The number of esters is 1. The number of thiophene rings is 1. The number of amides is 1. The summed E-state index contributed by atoms with van der Waals surface area (Å²) in [6.07, 6.45) is 0. The van der Waals surface area contributed by atoms with E-state index in [1.165, 1.54) is 43.5 Å². The minimum Gasteiger partial charge on any atom is -0.465 e. The van der Waals surface area contributed by atoms with Crippen molar-refractivity contribution in [1.82, 2.24) is 0 Å². The first kappa shape index (κ1) is 15.9. The van der Waals surface area contributed by atoms with Crippen LogP contribution >= 0.6 is 11.3 Å². The van der Waals surface area contributed by atoms with Gasteiger partial charge in [-0.2, -0.15) is 8.78 Å². The van der Waals surface area contributed by atoms with Crippen molar-refractivity contribution in [1.29, 1.82) is 0 Å². The van der Waals surface area contributed by atoms with Crippen molar-refractivity contribution in [3.8, 4) is 5.75 Å². The largest absolute Gasteiger partial charge is 0.465 e. The highest BCUT2D eigenvalue weighted by Gasteiger charge is 2.14. The summed E-state index contributed by atoms with van der Waals surface area (Å²) in [4.78, 5) is 24.0. The average Bonchev–Trinajstić information content (AvgIpc) is 2.98. The Morgan fingerprint density at radius 1 is 1.09 bits per heavy atom. The first-order valence-corrected chi connectivity index (χ1v) is 6.85. The number of benzene rings is 1. The van der Waals surface area contributed by atoms with Gasteiger partial charge in [0.15, 0.2) is 0 Å². The minimum absolute atomic E-state index is 0.00269. The number of methoxy groups -OCH3 is 1. The van der Waals surface area contributed by atoms with Crippen molar-refractivity contribution in [2.45, 2.75) is 6.61 Å². The average molecular weight is 327 g/mol. The molecule has 116 valence electrons. The molecule has 0 spiro atoms. The maximum absolute atomic E-state index is 12.0. The van der Waals surface area contributed by atoms with Gasteiger partial charge in [-0.25, -0.2) is 4.79 Å². The van der Waals surface area contributed by atoms with Crippen molar-refractivity contribution >= 4 is 28.9 Å². The van der Waals surface area contributed by atoms with Gasteiger partial charge in [0.25, 0.3) is 5.91 Å². The number of carbonyl (C=O) groups is 2. The molecule has 0 bridgehead atoms. The second-order valence-corrected chi connectivity index (χ2v) is 5.10. The molecule has 0 saturated carbocycles. The number of halogens is 2. The molecular formula is C14H11F2NO4S. The van der Waals surface area contributed by atoms with Gasteiger partial charge in [0.05, 0.1) is 12.0 Å². The quantitative estimate of drug-likeness (QED) is 0.855. The van der Waals surface area contributed by atoms with Crippen LogP contribution in [0.3, 0.4) is 0 Å². The number of nitrogens with one attached hydrogen (secondary N) is 1. The van der Waals surface area contributed by atoms with Crippen molar-refractivity contribution < 1.29 is 27.8 Å². The lowest BCUT2D eigenvalue weighted by atomic mass is 10.3. The molecule has 2 rings (SSSR count). The van der Waals surface area contributed by atoms with Gasteiger partial charge in [0.2, 0.25) is 0 Å². The zero-order chi connectivity index (χ0) is 16.1. The van der Waals surface area contributed by atoms with Gasteiger partial charge in [0.1, 0.15) is 10.6 Å². The molecule has 1 N–H and O–H groups in total. The van der Waals surface area contributed by atoms with Gasteiger partial charge in [-0.05, 0) is 36.4 Å². The molecule has 1 aromatic heterocycles. The molecule has 0 radical (unpaired) electrons. The summed E-state index contributed by atoms with van der Waals surface area (Å²) in [7, 11) is 1.25. The molecule has 1 amide bonds. The number of carbonyl (C=O) groups excluding carboxylic acids is 2. The van der Waals surface area contributed by atoms with E-state index < -0.39 is 18.5 Å². The second-order valence-electron chi connectivity index (χ2n) is 4.01. The fraction of sp³-hybridized carbons (Fsp3) is 0.143. The van der Waals surface area contributed by atoms with E-state index in [0.29, 0.717) is 15.4 Å². The van der Waals surface area contributed by atoms with Gasteiger partial charge in [0, 0.05) is 5.69 Å². The van der Waals surface area contributed by atoms with Gasteiger partial charge >= 0.3 is 12.6 Å². The van der Waals surface area contributed by atoms with Gasteiger partial charge < -0.3 is 14.8 Å². The molecule has 0 saturated heterocycles. The monoisotopic (exact) mass is 327 g/mol. The van der Waals surface area contributed by atoms with E-state index >= 15 is 0 Å². The van der Waals surface area contributed by atoms with E-state index in [1.807, 2.05) is 0 Å². The van der Waals surface area contributed by atoms with E-state index in [4.69, 9.17) is 0 Å². The summed E-state index contributed by atoms with van der Waals surface area (Å²) in [5.74, 6) is -0.933. The molecule has 1 heterocycles. The maximum Gasteiger partial charge on any atom is 0.387 e. The fourth-order valence-electron chi connectivity index (χ4n) is 1.58. The standard InChI is InChI=1S/C14H11F2NO4S/c1-20-13(19)11-7-6-10(22-11)12(18)17-8-2-4-9(5-3-8)21-14(15)16/h2-7,14H,1H3,(H,17,18). The zero-order valence-electron chi connectivity index (χ0n) is 11.3. The molecule has 0 aliphatic carbocycles. The van der Waals surface area contributed by atoms with Gasteiger partial charge in [-0.15, -0.1) is 11.3 Å². The Morgan fingerprint density at radius 2 is 1.73 bits per heavy atom. The van der Waals surface area contributed by atoms with E-state index in [1.54, 1.807) is 0 Å². The second kappa shape index (κ2) is 6.99. The first-order valence-electron chi connectivity index (χ1n) is 6.04. The summed E-state index contributed by atoms with van der Waals surface area (Å²) in [6, 6.07) is 8.49. The number of hydrogen-bond donors (Lipinski definition) is 1. The predicted molar refractivity (Wildman–Crippen MR) is 76.7 cm³/mol. The SMILES string of the molecule is COC(=O)c1ccc(C(=O)Nc2ccc(OC(F)F)cc2)s1. The highest BCUT2D eigenvalue weighted by atomic mass is 32.1. The molecule has 0 fully saturated rings. The summed E-state index contributed by atoms with van der Waals surface area (Å²) in [5.41, 5.74) is 0.416. The van der Waals surface area contributed by atoms with Crippen molar-refractivity contribution in [3.63, 3.8) is 0 Å². The van der Waals surface area contributed by atoms with Crippen LogP contribution in [0.5, 0.6) is 5.75 Å². The topological polar surface area (TPSA) is 64.6 Å². The van der Waals surface area contributed by atoms with Gasteiger partial charge in [-0.3, -0.25) is 4.79 Å². The fourth-order valence-corrected chi connectivity index (χ4v) is 2.40. The molecular weight excluding hydrogens is 316 g/mol. The summed E-state index contributed by atoms with van der Waals surface area (Å²) in [6.45, 7) is -2.90. The highest BCUT2D eigenvalue weighted by Crippen LogP contribution is 2.21. The number of rotatable bonds is 5. The molecule has 0 aliphatic heterocycles. The van der Waals surface area contributed by atoms with Gasteiger partial charge in [-0.1, -0.05) is 0 Å². The van der Waals surface area contributed by atoms with Crippen LogP contribution < -0.4 is 10.1 Å². The van der Waals surface area contributed by atoms with Crippen LogP contribution in [0.1, 0.15) is 19.3 Å². The van der Waals surface area contributed by atoms with Crippen molar-refractivity contribution in [2.75, 3.05) is 12.4 Å². The molecule has 0 aliphatic rings. The van der Waals surface area contributed by atoms with Crippen molar-refractivity contribution in [2.24, 2.45) is 0 Å². The van der Waals surface area contributed by atoms with Crippen molar-refractivity contribution in [3.05, 3.63) is 46.2 Å².